The van der Waals surface area contributed by atoms with E-state index in [9.17, 15) is 10.4 Å². The van der Waals surface area contributed by atoms with Crippen molar-refractivity contribution in [3.63, 3.8) is 0 Å². The van der Waals surface area contributed by atoms with Crippen molar-refractivity contribution in [3.8, 4) is 23.1 Å². The molecule has 6 rings (SSSR count). The Balaban J connectivity index is 1.30. The lowest BCUT2D eigenvalue weighted by Crippen LogP contribution is -2.36. The van der Waals surface area contributed by atoms with Crippen LogP contribution in [0.2, 0.25) is 5.02 Å². The van der Waals surface area contributed by atoms with E-state index in [2.05, 4.69) is 28.1 Å². The molecule has 0 saturated carbocycles. The monoisotopic (exact) mass is 481 g/mol. The van der Waals surface area contributed by atoms with Gasteiger partial charge in [0.25, 0.3) is 0 Å². The van der Waals surface area contributed by atoms with Gasteiger partial charge in [-0.05, 0) is 29.8 Å². The number of nitrogens with zero attached hydrogens (tertiary/aromatic N) is 2. The summed E-state index contributed by atoms with van der Waals surface area (Å²) in [6, 6.07) is 14.3. The minimum absolute atomic E-state index is 0.219. The van der Waals surface area contributed by atoms with Gasteiger partial charge in [-0.3, -0.25) is 0 Å². The van der Waals surface area contributed by atoms with E-state index in [0.717, 1.165) is 48.5 Å². The van der Waals surface area contributed by atoms with Crippen LogP contribution >= 0.6 is 11.6 Å². The van der Waals surface area contributed by atoms with Crippen LogP contribution in [0.5, 0.6) is 5.88 Å². The molecule has 8 nitrogen and oxygen atoms in total. The van der Waals surface area contributed by atoms with Crippen molar-refractivity contribution >= 4 is 28.2 Å². The van der Waals surface area contributed by atoms with Crippen molar-refractivity contribution in [2.75, 3.05) is 44.4 Å². The number of halogens is 1. The van der Waals surface area contributed by atoms with E-state index < -0.39 is 18.3 Å². The predicted molar refractivity (Wildman–Crippen MR) is 126 cm³/mol. The molecule has 0 aliphatic carbocycles. The molecular weight excluding hydrogens is 458 g/mol. The van der Waals surface area contributed by atoms with Crippen molar-refractivity contribution in [1.29, 1.82) is 5.26 Å². The van der Waals surface area contributed by atoms with Gasteiger partial charge in [-0.15, -0.1) is 0 Å². The second-order valence-electron chi connectivity index (χ2n) is 8.78. The number of aliphatic hydroxyl groups excluding tert-OH is 1. The lowest BCUT2D eigenvalue weighted by molar-refractivity contribution is 0.00789. The molecule has 0 radical (unpaired) electrons. The number of aromatic amines is 1. The van der Waals surface area contributed by atoms with Gasteiger partial charge in [0.15, 0.2) is 6.10 Å². The van der Waals surface area contributed by atoms with Gasteiger partial charge in [0.1, 0.15) is 29.9 Å². The molecular formula is C25H24ClN3O5. The van der Waals surface area contributed by atoms with Crippen LogP contribution in [0.15, 0.2) is 36.4 Å². The SMILES string of the molecule is N#Cc1c(O[C@@H]2CO[C@H]3[C@@H]2OC[C@@H]3O)[nH]c2cc(Cl)c(-c3ccc(N4CCOCC4)cc3)cc12. The maximum atomic E-state index is 9.97. The summed E-state index contributed by atoms with van der Waals surface area (Å²) in [7, 11) is 0. The van der Waals surface area contributed by atoms with Crippen molar-refractivity contribution in [1.82, 2.24) is 4.98 Å². The van der Waals surface area contributed by atoms with E-state index in [1.54, 1.807) is 0 Å². The highest BCUT2D eigenvalue weighted by Gasteiger charge is 2.48. The van der Waals surface area contributed by atoms with E-state index in [1.165, 1.54) is 0 Å². The molecule has 0 spiro atoms. The molecule has 1 aromatic heterocycles. The summed E-state index contributed by atoms with van der Waals surface area (Å²) < 4.78 is 22.8. The van der Waals surface area contributed by atoms with E-state index in [-0.39, 0.29) is 19.3 Å². The minimum Gasteiger partial charge on any atom is -0.469 e. The first-order chi connectivity index (χ1) is 16.6. The molecule has 4 heterocycles. The second kappa shape index (κ2) is 8.77. The quantitative estimate of drug-likeness (QED) is 0.590. The van der Waals surface area contributed by atoms with E-state index >= 15 is 0 Å². The first kappa shape index (κ1) is 21.7. The largest absolute Gasteiger partial charge is 0.469 e. The van der Waals surface area contributed by atoms with Gasteiger partial charge in [0.2, 0.25) is 5.88 Å². The number of fused-ring (bicyclic) bond motifs is 2. The fourth-order valence-electron chi connectivity index (χ4n) is 4.98. The average Bonchev–Trinajstić information content (AvgIpc) is 3.54. The van der Waals surface area contributed by atoms with Crippen LogP contribution in [0.4, 0.5) is 5.69 Å². The third kappa shape index (κ3) is 3.70. The van der Waals surface area contributed by atoms with Gasteiger partial charge >= 0.3 is 0 Å². The molecule has 3 saturated heterocycles. The molecule has 4 atom stereocenters. The third-order valence-electron chi connectivity index (χ3n) is 6.77. The summed E-state index contributed by atoms with van der Waals surface area (Å²) in [5.41, 5.74) is 4.08. The lowest BCUT2D eigenvalue weighted by Gasteiger charge is -2.29. The molecule has 3 aliphatic heterocycles. The number of rotatable bonds is 4. The Hall–Kier alpha value is -2.80. The maximum absolute atomic E-state index is 9.97. The first-order valence-corrected chi connectivity index (χ1v) is 11.8. The van der Waals surface area contributed by atoms with Crippen LogP contribution in [-0.4, -0.2) is 74.0 Å². The topological polar surface area (TPSA) is 100.0 Å². The Morgan fingerprint density at radius 2 is 1.85 bits per heavy atom. The average molecular weight is 482 g/mol. The standard InChI is InChI=1S/C25H24ClN3O5/c26-19-10-20-17(9-16(19)14-1-3-15(4-2-14)29-5-7-31-8-6-29)18(11-27)25(28-20)34-22-13-33-23-21(30)12-32-24(22)23/h1-4,9-10,21-24,28,30H,5-8,12-13H2/t21-,22+,23+,24+/m0/s1. The van der Waals surface area contributed by atoms with Crippen molar-refractivity contribution in [2.24, 2.45) is 0 Å². The molecule has 2 aromatic carbocycles. The van der Waals surface area contributed by atoms with Gasteiger partial charge in [-0.2, -0.15) is 5.26 Å². The van der Waals surface area contributed by atoms with Gasteiger partial charge < -0.3 is 33.9 Å². The summed E-state index contributed by atoms with van der Waals surface area (Å²) in [5, 5.41) is 21.2. The van der Waals surface area contributed by atoms with Crippen LogP contribution in [-0.2, 0) is 14.2 Å². The molecule has 3 aromatic rings. The van der Waals surface area contributed by atoms with Crippen LogP contribution in [0, 0.1) is 11.3 Å². The molecule has 0 unspecified atom stereocenters. The number of benzene rings is 2. The van der Waals surface area contributed by atoms with E-state index in [1.807, 2.05) is 24.3 Å². The highest BCUT2D eigenvalue weighted by Crippen LogP contribution is 2.38. The molecule has 34 heavy (non-hydrogen) atoms. The van der Waals surface area contributed by atoms with Crippen LogP contribution in [0.1, 0.15) is 5.56 Å². The van der Waals surface area contributed by atoms with Crippen LogP contribution in [0.25, 0.3) is 22.0 Å². The first-order valence-electron chi connectivity index (χ1n) is 11.4. The molecule has 2 N–H and O–H groups in total. The molecule has 176 valence electrons. The Morgan fingerprint density at radius 1 is 1.09 bits per heavy atom. The highest BCUT2D eigenvalue weighted by atomic mass is 35.5. The van der Waals surface area contributed by atoms with Crippen molar-refractivity contribution in [3.05, 3.63) is 47.0 Å². The predicted octanol–water partition coefficient (Wildman–Crippen LogP) is 3.10. The van der Waals surface area contributed by atoms with Gasteiger partial charge in [0, 0.05) is 29.7 Å². The number of nitriles is 1. The third-order valence-corrected chi connectivity index (χ3v) is 7.08. The smallest absolute Gasteiger partial charge is 0.210 e. The summed E-state index contributed by atoms with van der Waals surface area (Å²) in [4.78, 5) is 5.48. The van der Waals surface area contributed by atoms with Gasteiger partial charge in [0.05, 0.1) is 37.0 Å². The molecule has 3 aliphatic rings. The van der Waals surface area contributed by atoms with E-state index in [4.69, 9.17) is 30.5 Å². The molecule has 9 heteroatoms. The number of nitrogens with one attached hydrogen (secondary N) is 1. The fourth-order valence-corrected chi connectivity index (χ4v) is 5.25. The summed E-state index contributed by atoms with van der Waals surface area (Å²) in [6.45, 7) is 3.73. The molecule has 0 bridgehead atoms. The molecule has 0 amide bonds. The Kier molecular flexibility index (Phi) is 5.60. The maximum Gasteiger partial charge on any atom is 0.210 e. The summed E-state index contributed by atoms with van der Waals surface area (Å²) in [5.74, 6) is 0.354. The Labute approximate surface area is 201 Å². The number of anilines is 1. The van der Waals surface area contributed by atoms with Crippen molar-refractivity contribution in [2.45, 2.75) is 24.4 Å². The Morgan fingerprint density at radius 3 is 2.62 bits per heavy atom. The zero-order chi connectivity index (χ0) is 23.2. The van der Waals surface area contributed by atoms with E-state index in [0.29, 0.717) is 22.0 Å². The van der Waals surface area contributed by atoms with Crippen LogP contribution < -0.4 is 9.64 Å². The van der Waals surface area contributed by atoms with Crippen LogP contribution in [0.3, 0.4) is 0 Å². The zero-order valence-corrected chi connectivity index (χ0v) is 19.1. The Bertz CT molecular complexity index is 1250. The lowest BCUT2D eigenvalue weighted by atomic mass is 10.0. The number of ether oxygens (including phenoxy) is 4. The second-order valence-corrected chi connectivity index (χ2v) is 9.19. The number of aliphatic hydroxyl groups is 1. The highest BCUT2D eigenvalue weighted by molar-refractivity contribution is 6.34. The summed E-state index contributed by atoms with van der Waals surface area (Å²) >= 11 is 6.65. The number of H-pyrrole nitrogens is 1. The van der Waals surface area contributed by atoms with Gasteiger partial charge in [-0.25, -0.2) is 0 Å². The number of aromatic nitrogens is 1. The summed E-state index contributed by atoms with van der Waals surface area (Å²) in [6.07, 6.45) is -1.84. The number of morpholine rings is 1. The zero-order valence-electron chi connectivity index (χ0n) is 18.4. The van der Waals surface area contributed by atoms with Gasteiger partial charge in [-0.1, -0.05) is 23.7 Å². The minimum atomic E-state index is -0.659. The fraction of sp³-hybridized carbons (Fsp3) is 0.400. The number of hydrogen-bond donors (Lipinski definition) is 2. The number of hydrogen-bond acceptors (Lipinski definition) is 7. The normalized spacial score (nSPS) is 26.6. The van der Waals surface area contributed by atoms with Crippen molar-refractivity contribution < 1.29 is 24.1 Å². The molecule has 3 fully saturated rings.